The average Bonchev–Trinajstić information content (AvgIpc) is 3.25. The van der Waals surface area contributed by atoms with E-state index in [1.165, 1.54) is 0 Å². The summed E-state index contributed by atoms with van der Waals surface area (Å²) >= 11 is 1.62. The van der Waals surface area contributed by atoms with E-state index in [9.17, 15) is 14.7 Å². The number of aromatic nitrogens is 3. The number of nitrogens with zero attached hydrogens (tertiary/aromatic N) is 4. The van der Waals surface area contributed by atoms with Gasteiger partial charge in [-0.2, -0.15) is 0 Å². The molecule has 36 heavy (non-hydrogen) atoms. The van der Waals surface area contributed by atoms with Gasteiger partial charge in [0.15, 0.2) is 5.82 Å². The van der Waals surface area contributed by atoms with Gasteiger partial charge in [-0.3, -0.25) is 19.7 Å². The number of carbonyl (C=O) groups excluding carboxylic acids is 1. The Balaban J connectivity index is 1.83. The highest BCUT2D eigenvalue weighted by Gasteiger charge is 2.37. The van der Waals surface area contributed by atoms with Crippen molar-refractivity contribution in [3.63, 3.8) is 0 Å². The van der Waals surface area contributed by atoms with Crippen LogP contribution in [0.2, 0.25) is 0 Å². The number of hydrogen-bond donors (Lipinski definition) is 2. The highest BCUT2D eigenvalue weighted by molar-refractivity contribution is 7.15. The van der Waals surface area contributed by atoms with Gasteiger partial charge in [-0.25, -0.2) is 4.79 Å². The number of hydrogen-bond acceptors (Lipinski definition) is 7. The SMILES string of the molecule is CC[C@@H](C(=O)O)[C@@H]1N=C(c2ccc(NC(=O)OC(C)(C)C)cc2)c2c(sc(C)c2C)-n2c(C)nnc21. The van der Waals surface area contributed by atoms with E-state index in [-0.39, 0.29) is 0 Å². The second-order valence-corrected chi connectivity index (χ2v) is 11.1. The van der Waals surface area contributed by atoms with Crippen LogP contribution in [-0.2, 0) is 9.53 Å². The second kappa shape index (κ2) is 9.50. The number of ether oxygens (including phenoxy) is 1. The first-order chi connectivity index (χ1) is 16.9. The second-order valence-electron chi connectivity index (χ2n) is 9.88. The predicted octanol–water partition coefficient (Wildman–Crippen LogP) is 5.60. The predicted molar refractivity (Wildman–Crippen MR) is 140 cm³/mol. The third kappa shape index (κ3) is 4.77. The van der Waals surface area contributed by atoms with Gasteiger partial charge < -0.3 is 9.84 Å². The molecule has 10 heteroatoms. The van der Waals surface area contributed by atoms with Crippen molar-refractivity contribution in [1.29, 1.82) is 0 Å². The number of aliphatic imine (C=N–C) groups is 1. The van der Waals surface area contributed by atoms with Crippen LogP contribution in [0.15, 0.2) is 29.3 Å². The number of rotatable bonds is 5. The molecule has 0 aliphatic carbocycles. The first-order valence-electron chi connectivity index (χ1n) is 11.8. The lowest BCUT2D eigenvalue weighted by molar-refractivity contribution is -0.142. The standard InChI is InChI=1S/C26H31N5O4S/c1-8-18(24(32)33)21-22-30-29-15(4)31(22)23-19(13(2)14(3)36-23)20(28-21)16-9-11-17(12-10-16)27-25(34)35-26(5,6)7/h9-12,18,21H,8H2,1-7H3,(H,27,34)(H,32,33)/t18-,21+/m1/s1. The zero-order valence-electron chi connectivity index (χ0n) is 21.5. The third-order valence-electron chi connectivity index (χ3n) is 6.13. The highest BCUT2D eigenvalue weighted by Crippen LogP contribution is 2.41. The molecule has 0 bridgehead atoms. The van der Waals surface area contributed by atoms with Gasteiger partial charge >= 0.3 is 12.1 Å². The van der Waals surface area contributed by atoms with E-state index >= 15 is 0 Å². The number of thiophene rings is 1. The van der Waals surface area contributed by atoms with Crippen LogP contribution in [0.4, 0.5) is 10.5 Å². The summed E-state index contributed by atoms with van der Waals surface area (Å²) in [6.07, 6.45) is -0.137. The van der Waals surface area contributed by atoms with Crippen LogP contribution in [0.25, 0.3) is 5.00 Å². The lowest BCUT2D eigenvalue weighted by Crippen LogP contribution is -2.27. The molecule has 4 rings (SSSR count). The number of fused-ring (bicyclic) bond motifs is 3. The lowest BCUT2D eigenvalue weighted by Gasteiger charge is -2.20. The van der Waals surface area contributed by atoms with Crippen molar-refractivity contribution >= 4 is 34.8 Å². The molecule has 2 N–H and O–H groups in total. The van der Waals surface area contributed by atoms with Crippen molar-refractivity contribution in [2.75, 3.05) is 5.32 Å². The summed E-state index contributed by atoms with van der Waals surface area (Å²) in [5, 5.41) is 22.3. The molecule has 3 aromatic rings. The summed E-state index contributed by atoms with van der Waals surface area (Å²) in [4.78, 5) is 30.6. The minimum Gasteiger partial charge on any atom is -0.481 e. The molecule has 9 nitrogen and oxygen atoms in total. The number of benzene rings is 1. The Hall–Kier alpha value is -3.53. The maximum Gasteiger partial charge on any atom is 0.412 e. The topological polar surface area (TPSA) is 119 Å². The number of aryl methyl sites for hydroxylation is 2. The maximum absolute atomic E-state index is 12.2. The zero-order chi connectivity index (χ0) is 26.4. The van der Waals surface area contributed by atoms with E-state index < -0.39 is 29.6 Å². The Morgan fingerprint density at radius 3 is 2.42 bits per heavy atom. The fourth-order valence-electron chi connectivity index (χ4n) is 4.28. The van der Waals surface area contributed by atoms with Crippen LogP contribution in [0.3, 0.4) is 0 Å². The van der Waals surface area contributed by atoms with Crippen molar-refractivity contribution < 1.29 is 19.4 Å². The van der Waals surface area contributed by atoms with Gasteiger partial charge in [0.1, 0.15) is 22.5 Å². The van der Waals surface area contributed by atoms with Crippen LogP contribution in [0, 0.1) is 26.7 Å². The molecule has 0 unspecified atom stereocenters. The molecule has 1 aliphatic rings. The van der Waals surface area contributed by atoms with Gasteiger partial charge in [-0.05, 0) is 65.7 Å². The van der Waals surface area contributed by atoms with Gasteiger partial charge in [0.25, 0.3) is 0 Å². The minimum absolute atomic E-state index is 0.396. The smallest absolute Gasteiger partial charge is 0.412 e. The van der Waals surface area contributed by atoms with Gasteiger partial charge in [0, 0.05) is 21.7 Å². The number of carbonyl (C=O) groups is 2. The summed E-state index contributed by atoms with van der Waals surface area (Å²) < 4.78 is 7.29. The summed E-state index contributed by atoms with van der Waals surface area (Å²) in [5.74, 6) is -0.465. The summed E-state index contributed by atoms with van der Waals surface area (Å²) in [6.45, 7) is 13.2. The molecule has 190 valence electrons. The van der Waals surface area contributed by atoms with E-state index in [0.29, 0.717) is 29.5 Å². The zero-order valence-corrected chi connectivity index (χ0v) is 22.4. The molecule has 2 atom stereocenters. The highest BCUT2D eigenvalue weighted by atomic mass is 32.1. The number of nitrogens with one attached hydrogen (secondary N) is 1. The Morgan fingerprint density at radius 2 is 1.83 bits per heavy atom. The molecule has 0 saturated carbocycles. The fraction of sp³-hybridized carbons (Fsp3) is 0.423. The lowest BCUT2D eigenvalue weighted by atomic mass is 9.95. The summed E-state index contributed by atoms with van der Waals surface area (Å²) in [6, 6.07) is 6.62. The van der Waals surface area contributed by atoms with Crippen molar-refractivity contribution in [3.05, 3.63) is 57.5 Å². The Morgan fingerprint density at radius 1 is 1.17 bits per heavy atom. The van der Waals surface area contributed by atoms with Crippen molar-refractivity contribution in [2.45, 2.75) is 66.5 Å². The van der Waals surface area contributed by atoms with E-state index in [4.69, 9.17) is 9.73 Å². The molecular weight excluding hydrogens is 478 g/mol. The summed E-state index contributed by atoms with van der Waals surface area (Å²) in [7, 11) is 0. The van der Waals surface area contributed by atoms with Gasteiger partial charge in [0.05, 0.1) is 11.6 Å². The van der Waals surface area contributed by atoms with Gasteiger partial charge in [-0.1, -0.05) is 19.1 Å². The number of aliphatic carboxylic acids is 1. The van der Waals surface area contributed by atoms with Gasteiger partial charge in [-0.15, -0.1) is 21.5 Å². The van der Waals surface area contributed by atoms with Crippen molar-refractivity contribution in [2.24, 2.45) is 10.9 Å². The minimum atomic E-state index is -0.923. The van der Waals surface area contributed by atoms with Crippen molar-refractivity contribution in [1.82, 2.24) is 14.8 Å². The Bertz CT molecular complexity index is 1350. The first-order valence-corrected chi connectivity index (χ1v) is 12.7. The molecular formula is C26H31N5O4S. The quantitative estimate of drug-likeness (QED) is 0.462. The van der Waals surface area contributed by atoms with E-state index in [2.05, 4.69) is 22.4 Å². The van der Waals surface area contributed by atoms with Crippen LogP contribution in [-0.4, -0.2) is 43.2 Å². The van der Waals surface area contributed by atoms with E-state index in [1.807, 2.05) is 58.2 Å². The Labute approximate surface area is 214 Å². The number of carboxylic acids is 1. The van der Waals surface area contributed by atoms with E-state index in [0.717, 1.165) is 26.6 Å². The van der Waals surface area contributed by atoms with Crippen LogP contribution in [0.5, 0.6) is 0 Å². The molecule has 0 saturated heterocycles. The molecule has 0 spiro atoms. The monoisotopic (exact) mass is 509 g/mol. The number of anilines is 1. The van der Waals surface area contributed by atoms with Crippen molar-refractivity contribution in [3.8, 4) is 5.00 Å². The number of amides is 1. The largest absolute Gasteiger partial charge is 0.481 e. The van der Waals surface area contributed by atoms with Crippen LogP contribution in [0.1, 0.15) is 73.4 Å². The molecule has 1 aromatic carbocycles. The van der Waals surface area contributed by atoms with Crippen LogP contribution < -0.4 is 5.32 Å². The van der Waals surface area contributed by atoms with Crippen LogP contribution >= 0.6 is 11.3 Å². The molecule has 0 radical (unpaired) electrons. The maximum atomic E-state index is 12.2. The molecule has 0 fully saturated rings. The number of carboxylic acid groups (broad SMARTS) is 1. The molecule has 2 aromatic heterocycles. The Kier molecular flexibility index (Phi) is 6.74. The summed E-state index contributed by atoms with van der Waals surface area (Å²) in [5.41, 5.74) is 3.52. The fourth-order valence-corrected chi connectivity index (χ4v) is 5.50. The third-order valence-corrected chi connectivity index (χ3v) is 7.32. The average molecular weight is 510 g/mol. The molecule has 1 aliphatic heterocycles. The molecule has 3 heterocycles. The van der Waals surface area contributed by atoms with E-state index in [1.54, 1.807) is 23.5 Å². The first kappa shape index (κ1) is 25.6. The molecule has 1 amide bonds. The normalized spacial score (nSPS) is 15.9. The van der Waals surface area contributed by atoms with Gasteiger partial charge in [0.2, 0.25) is 0 Å².